The fraction of sp³-hybridized carbons (Fsp3) is 0.938. The molecule has 0 spiro atoms. The average Bonchev–Trinajstić information content (AvgIpc) is 2.42. The monoisotopic (exact) mass is 246 g/mol. The van der Waals surface area contributed by atoms with Crippen molar-refractivity contribution in [3.8, 4) is 0 Å². The number of carbonyl (C=O) groups is 1. The van der Waals surface area contributed by atoms with Gasteiger partial charge in [0.05, 0.1) is 12.5 Å². The average molecular weight is 246 g/mol. The van der Waals surface area contributed by atoms with Crippen LogP contribution in [0.1, 0.15) is 38.5 Å². The molecular weight excluding hydrogens is 224 g/mol. The van der Waals surface area contributed by atoms with Crippen molar-refractivity contribution < 1.29 is 9.53 Å². The van der Waals surface area contributed by atoms with Crippen molar-refractivity contribution in [1.82, 2.24) is 0 Å². The van der Waals surface area contributed by atoms with Crippen LogP contribution in [0.15, 0.2) is 0 Å². The molecule has 7 rings (SSSR count). The van der Waals surface area contributed by atoms with E-state index in [2.05, 4.69) is 0 Å². The predicted octanol–water partition coefficient (Wildman–Crippen LogP) is 2.87. The molecule has 0 aromatic heterocycles. The van der Waals surface area contributed by atoms with Crippen LogP contribution >= 0.6 is 0 Å². The highest BCUT2D eigenvalue weighted by molar-refractivity contribution is 5.79. The van der Waals surface area contributed by atoms with Crippen LogP contribution in [-0.4, -0.2) is 13.1 Å². The lowest BCUT2D eigenvalue weighted by Gasteiger charge is -2.73. The van der Waals surface area contributed by atoms with Crippen molar-refractivity contribution in [3.63, 3.8) is 0 Å². The molecule has 7 aliphatic carbocycles. The highest BCUT2D eigenvalue weighted by atomic mass is 16.5. The summed E-state index contributed by atoms with van der Waals surface area (Å²) in [4.78, 5) is 12.6. The van der Waals surface area contributed by atoms with Gasteiger partial charge < -0.3 is 4.74 Å². The standard InChI is InChI=1S/C16H22O2/c1-18-15(17)16-7-9-3-11-10-2-8(5-13(11)16)6-14(16)12(10)4-9/h8-14H,2-7H2,1H3. The van der Waals surface area contributed by atoms with E-state index in [4.69, 9.17) is 4.74 Å². The number of carbonyl (C=O) groups excluding carboxylic acids is 1. The highest BCUT2D eigenvalue weighted by Gasteiger charge is 2.72. The van der Waals surface area contributed by atoms with Gasteiger partial charge in [0.25, 0.3) is 0 Å². The molecule has 0 heterocycles. The number of hydrogen-bond donors (Lipinski definition) is 0. The van der Waals surface area contributed by atoms with E-state index in [0.717, 1.165) is 29.6 Å². The number of methoxy groups -OCH3 is 1. The Morgan fingerprint density at radius 1 is 0.944 bits per heavy atom. The first-order valence-corrected chi connectivity index (χ1v) is 7.82. The van der Waals surface area contributed by atoms with E-state index in [1.54, 1.807) is 7.11 Å². The molecule has 7 saturated carbocycles. The Morgan fingerprint density at radius 2 is 1.56 bits per heavy atom. The third kappa shape index (κ3) is 0.886. The van der Waals surface area contributed by atoms with Gasteiger partial charge in [-0.1, -0.05) is 0 Å². The number of esters is 1. The topological polar surface area (TPSA) is 26.3 Å². The largest absolute Gasteiger partial charge is 0.469 e. The van der Waals surface area contributed by atoms with Crippen LogP contribution in [0.5, 0.6) is 0 Å². The summed E-state index contributed by atoms with van der Waals surface area (Å²) in [7, 11) is 1.61. The summed E-state index contributed by atoms with van der Waals surface area (Å²) < 4.78 is 5.28. The van der Waals surface area contributed by atoms with E-state index in [-0.39, 0.29) is 11.4 Å². The van der Waals surface area contributed by atoms with Gasteiger partial charge in [0, 0.05) is 0 Å². The van der Waals surface area contributed by atoms with Crippen molar-refractivity contribution >= 4 is 5.97 Å². The second-order valence-corrected chi connectivity index (χ2v) is 7.85. The molecular formula is C16H22O2. The molecule has 7 fully saturated rings. The van der Waals surface area contributed by atoms with Gasteiger partial charge in [-0.2, -0.15) is 0 Å². The summed E-state index contributed by atoms with van der Waals surface area (Å²) in [5.41, 5.74) is -0.0291. The SMILES string of the molecule is COC(=O)C12CC3CC4C5CC(CC41)CC2C5C3. The molecule has 0 radical (unpaired) electrons. The zero-order chi connectivity index (χ0) is 12.1. The molecule has 2 nitrogen and oxygen atoms in total. The van der Waals surface area contributed by atoms with Gasteiger partial charge in [0.2, 0.25) is 0 Å². The van der Waals surface area contributed by atoms with Gasteiger partial charge in [-0.3, -0.25) is 4.79 Å². The maximum Gasteiger partial charge on any atom is 0.312 e. The molecule has 0 aromatic rings. The predicted molar refractivity (Wildman–Crippen MR) is 66.6 cm³/mol. The van der Waals surface area contributed by atoms with E-state index in [0.29, 0.717) is 11.8 Å². The Labute approximate surface area is 108 Å². The zero-order valence-corrected chi connectivity index (χ0v) is 11.1. The van der Waals surface area contributed by atoms with Crippen molar-refractivity contribution in [2.45, 2.75) is 38.5 Å². The van der Waals surface area contributed by atoms with Crippen LogP contribution in [0.4, 0.5) is 0 Å². The summed E-state index contributed by atoms with van der Waals surface area (Å²) in [6, 6.07) is 0. The molecule has 0 N–H and O–H groups in total. The summed E-state index contributed by atoms with van der Waals surface area (Å²) in [6.45, 7) is 0. The Hall–Kier alpha value is -0.530. The van der Waals surface area contributed by atoms with E-state index in [1.165, 1.54) is 38.5 Å². The maximum atomic E-state index is 12.6. The minimum atomic E-state index is -0.0291. The first kappa shape index (κ1) is 10.3. The van der Waals surface area contributed by atoms with Crippen LogP contribution < -0.4 is 0 Å². The molecule has 18 heavy (non-hydrogen) atoms. The Kier molecular flexibility index (Phi) is 1.69. The Bertz CT molecular complexity index is 405. The number of ether oxygens (including phenoxy) is 1. The minimum Gasteiger partial charge on any atom is -0.469 e. The maximum absolute atomic E-state index is 12.6. The fourth-order valence-electron chi connectivity index (χ4n) is 7.53. The van der Waals surface area contributed by atoms with Crippen LogP contribution in [0.3, 0.4) is 0 Å². The van der Waals surface area contributed by atoms with Crippen LogP contribution in [0.25, 0.3) is 0 Å². The van der Waals surface area contributed by atoms with Crippen LogP contribution in [0.2, 0.25) is 0 Å². The normalized spacial score (nSPS) is 62.4. The van der Waals surface area contributed by atoms with Crippen LogP contribution in [0, 0.1) is 46.8 Å². The van der Waals surface area contributed by atoms with E-state index >= 15 is 0 Å². The van der Waals surface area contributed by atoms with Crippen molar-refractivity contribution in [2.24, 2.45) is 46.8 Å². The van der Waals surface area contributed by atoms with Gasteiger partial charge in [-0.25, -0.2) is 0 Å². The summed E-state index contributed by atoms with van der Waals surface area (Å²) in [6.07, 6.45) is 8.21. The van der Waals surface area contributed by atoms with Crippen molar-refractivity contribution in [3.05, 3.63) is 0 Å². The first-order chi connectivity index (χ1) is 8.74. The van der Waals surface area contributed by atoms with Gasteiger partial charge in [0.1, 0.15) is 0 Å². The summed E-state index contributed by atoms with van der Waals surface area (Å²) in [5.74, 6) is 6.10. The van der Waals surface area contributed by atoms with E-state index < -0.39 is 0 Å². The lowest BCUT2D eigenvalue weighted by molar-refractivity contribution is -0.258. The van der Waals surface area contributed by atoms with E-state index in [1.807, 2.05) is 0 Å². The number of hydrogen-bond acceptors (Lipinski definition) is 2. The smallest absolute Gasteiger partial charge is 0.312 e. The van der Waals surface area contributed by atoms with Crippen molar-refractivity contribution in [2.75, 3.05) is 7.11 Å². The van der Waals surface area contributed by atoms with Crippen LogP contribution in [-0.2, 0) is 9.53 Å². The molecule has 2 heteroatoms. The van der Waals surface area contributed by atoms with Gasteiger partial charge in [0.15, 0.2) is 0 Å². The second kappa shape index (κ2) is 2.96. The van der Waals surface area contributed by atoms with Gasteiger partial charge >= 0.3 is 5.97 Å². The molecule has 0 aliphatic heterocycles. The van der Waals surface area contributed by atoms with E-state index in [9.17, 15) is 4.79 Å². The van der Waals surface area contributed by atoms with Crippen molar-refractivity contribution in [1.29, 1.82) is 0 Å². The Morgan fingerprint density at radius 3 is 2.17 bits per heavy atom. The number of rotatable bonds is 1. The quantitative estimate of drug-likeness (QED) is 0.665. The first-order valence-electron chi connectivity index (χ1n) is 7.82. The zero-order valence-electron chi connectivity index (χ0n) is 11.1. The molecule has 0 saturated heterocycles. The molecule has 8 bridgehead atoms. The molecule has 0 aromatic carbocycles. The van der Waals surface area contributed by atoms with Gasteiger partial charge in [-0.15, -0.1) is 0 Å². The lowest BCUT2D eigenvalue weighted by Crippen LogP contribution is -2.70. The third-order valence-electron chi connectivity index (χ3n) is 7.64. The summed E-state index contributed by atoms with van der Waals surface area (Å²) >= 11 is 0. The summed E-state index contributed by atoms with van der Waals surface area (Å²) in [5, 5.41) is 0. The molecule has 4 unspecified atom stereocenters. The molecule has 98 valence electrons. The fourth-order valence-corrected chi connectivity index (χ4v) is 7.53. The minimum absolute atomic E-state index is 0.0291. The molecule has 0 amide bonds. The second-order valence-electron chi connectivity index (χ2n) is 7.85. The highest BCUT2D eigenvalue weighted by Crippen LogP contribution is 2.76. The lowest BCUT2D eigenvalue weighted by atomic mass is 9.31. The Balaban J connectivity index is 1.70. The molecule has 4 atom stereocenters. The molecule has 7 aliphatic rings. The third-order valence-corrected chi connectivity index (χ3v) is 7.64. The van der Waals surface area contributed by atoms with Gasteiger partial charge in [-0.05, 0) is 80.0 Å².